The highest BCUT2D eigenvalue weighted by Gasteiger charge is 2.38. The van der Waals surface area contributed by atoms with Crippen molar-refractivity contribution in [3.63, 3.8) is 0 Å². The molecule has 3 nitrogen and oxygen atoms in total. The van der Waals surface area contributed by atoms with Crippen LogP contribution in [-0.2, 0) is 4.79 Å². The van der Waals surface area contributed by atoms with Crippen molar-refractivity contribution in [2.75, 3.05) is 4.90 Å². The highest BCUT2D eigenvalue weighted by Crippen LogP contribution is 2.34. The number of hydrogen-bond acceptors (Lipinski definition) is 4. The standard InChI is InChI=1S/C18H15NO2S2/c1-12-7-9-13(10-8-12)15(20)11-16-17(21)19(18(22)23-16)14-5-3-2-4-6-14/h2-10,16H,11H2,1H3. The Bertz CT molecular complexity index is 756. The number of hydrogen-bond donors (Lipinski definition) is 0. The summed E-state index contributed by atoms with van der Waals surface area (Å²) in [6.07, 6.45) is 0.163. The first-order valence-electron chi connectivity index (χ1n) is 7.26. The van der Waals surface area contributed by atoms with Gasteiger partial charge in [-0.3, -0.25) is 14.5 Å². The van der Waals surface area contributed by atoms with Crippen LogP contribution < -0.4 is 4.90 Å². The van der Waals surface area contributed by atoms with Crippen molar-refractivity contribution in [3.8, 4) is 0 Å². The summed E-state index contributed by atoms with van der Waals surface area (Å²) in [5, 5.41) is -0.448. The summed E-state index contributed by atoms with van der Waals surface area (Å²) in [4.78, 5) is 26.5. The molecule has 0 aromatic heterocycles. The van der Waals surface area contributed by atoms with Crippen molar-refractivity contribution in [1.82, 2.24) is 0 Å². The summed E-state index contributed by atoms with van der Waals surface area (Å²) < 4.78 is 0.503. The number of carbonyl (C=O) groups is 2. The third-order valence-corrected chi connectivity index (χ3v) is 5.19. The van der Waals surface area contributed by atoms with E-state index in [2.05, 4.69) is 0 Å². The maximum atomic E-state index is 12.6. The maximum Gasteiger partial charge on any atom is 0.246 e. The van der Waals surface area contributed by atoms with Gasteiger partial charge in [0.1, 0.15) is 4.32 Å². The molecule has 1 fully saturated rings. The highest BCUT2D eigenvalue weighted by atomic mass is 32.2. The highest BCUT2D eigenvalue weighted by molar-refractivity contribution is 8.25. The second-order valence-electron chi connectivity index (χ2n) is 5.37. The number of aryl methyl sites for hydroxylation is 1. The largest absolute Gasteiger partial charge is 0.294 e. The van der Waals surface area contributed by atoms with Gasteiger partial charge in [0, 0.05) is 12.0 Å². The molecule has 1 aliphatic heterocycles. The molecular formula is C18H15NO2S2. The average molecular weight is 341 g/mol. The van der Waals surface area contributed by atoms with Gasteiger partial charge in [-0.25, -0.2) is 0 Å². The quantitative estimate of drug-likeness (QED) is 0.622. The van der Waals surface area contributed by atoms with E-state index in [-0.39, 0.29) is 18.1 Å². The molecule has 3 rings (SSSR count). The Morgan fingerprint density at radius 1 is 1.13 bits per heavy atom. The molecule has 0 N–H and O–H groups in total. The SMILES string of the molecule is Cc1ccc(C(=O)CC2SC(=S)N(c3ccccc3)C2=O)cc1. The summed E-state index contributed by atoms with van der Waals surface area (Å²) in [6.45, 7) is 1.97. The van der Waals surface area contributed by atoms with Crippen LogP contribution in [0.4, 0.5) is 5.69 Å². The Labute approximate surface area is 144 Å². The first-order valence-corrected chi connectivity index (χ1v) is 8.54. The van der Waals surface area contributed by atoms with E-state index in [0.717, 1.165) is 11.3 Å². The van der Waals surface area contributed by atoms with Crippen molar-refractivity contribution in [2.24, 2.45) is 0 Å². The number of benzene rings is 2. The van der Waals surface area contributed by atoms with Crippen molar-refractivity contribution in [1.29, 1.82) is 0 Å². The minimum absolute atomic E-state index is 0.0337. The molecule has 1 saturated heterocycles. The van der Waals surface area contributed by atoms with E-state index in [1.54, 1.807) is 12.1 Å². The molecule has 0 radical (unpaired) electrons. The first kappa shape index (κ1) is 15.9. The number of para-hydroxylation sites is 1. The smallest absolute Gasteiger partial charge is 0.246 e. The van der Waals surface area contributed by atoms with Crippen molar-refractivity contribution in [2.45, 2.75) is 18.6 Å². The monoisotopic (exact) mass is 341 g/mol. The van der Waals surface area contributed by atoms with Gasteiger partial charge < -0.3 is 0 Å². The zero-order valence-electron chi connectivity index (χ0n) is 12.6. The van der Waals surface area contributed by atoms with E-state index in [0.29, 0.717) is 9.88 Å². The summed E-state index contributed by atoms with van der Waals surface area (Å²) in [5.41, 5.74) is 2.48. The third kappa shape index (κ3) is 3.35. The first-order chi connectivity index (χ1) is 11.1. The van der Waals surface area contributed by atoms with Gasteiger partial charge in [-0.05, 0) is 19.1 Å². The second-order valence-corrected chi connectivity index (χ2v) is 7.21. The number of anilines is 1. The van der Waals surface area contributed by atoms with Crippen molar-refractivity contribution < 1.29 is 9.59 Å². The molecule has 1 unspecified atom stereocenters. The van der Waals surface area contributed by atoms with Crippen LogP contribution in [0.3, 0.4) is 0 Å². The number of thiocarbonyl (C=S) groups is 1. The molecule has 0 spiro atoms. The van der Waals surface area contributed by atoms with E-state index in [9.17, 15) is 9.59 Å². The molecule has 0 bridgehead atoms. The van der Waals surface area contributed by atoms with Crippen LogP contribution >= 0.6 is 24.0 Å². The fourth-order valence-electron chi connectivity index (χ4n) is 2.42. The Hall–Kier alpha value is -1.98. The molecule has 5 heteroatoms. The molecule has 1 atom stereocenters. The second kappa shape index (κ2) is 6.64. The van der Waals surface area contributed by atoms with Gasteiger partial charge in [-0.2, -0.15) is 0 Å². The number of nitrogens with zero attached hydrogens (tertiary/aromatic N) is 1. The van der Waals surface area contributed by atoms with Gasteiger partial charge in [-0.1, -0.05) is 72.0 Å². The van der Waals surface area contributed by atoms with Crippen molar-refractivity contribution >= 4 is 45.7 Å². The predicted molar refractivity (Wildman–Crippen MR) is 98.0 cm³/mol. The fourth-order valence-corrected chi connectivity index (χ4v) is 3.95. The number of carbonyl (C=O) groups excluding carboxylic acids is 2. The molecule has 23 heavy (non-hydrogen) atoms. The van der Waals surface area contributed by atoms with Crippen LogP contribution in [0.15, 0.2) is 54.6 Å². The van der Waals surface area contributed by atoms with Gasteiger partial charge in [0.2, 0.25) is 5.91 Å². The summed E-state index contributed by atoms with van der Waals surface area (Å²) in [6, 6.07) is 16.7. The number of thioether (sulfide) groups is 1. The van der Waals surface area contributed by atoms with Gasteiger partial charge in [0.25, 0.3) is 0 Å². The molecule has 0 saturated carbocycles. The Balaban J connectivity index is 1.75. The minimum Gasteiger partial charge on any atom is -0.294 e. The van der Waals surface area contributed by atoms with E-state index < -0.39 is 5.25 Å². The zero-order valence-corrected chi connectivity index (χ0v) is 14.2. The number of amides is 1. The van der Waals surface area contributed by atoms with Crippen LogP contribution in [0.1, 0.15) is 22.3 Å². The summed E-state index contributed by atoms with van der Waals surface area (Å²) in [5.74, 6) is -0.153. The van der Waals surface area contributed by atoms with Gasteiger partial charge in [0.05, 0.1) is 10.9 Å². The minimum atomic E-state index is -0.448. The lowest BCUT2D eigenvalue weighted by Crippen LogP contribution is -2.32. The van der Waals surface area contributed by atoms with E-state index in [1.807, 2.05) is 49.4 Å². The maximum absolute atomic E-state index is 12.6. The lowest BCUT2D eigenvalue weighted by atomic mass is 10.0. The number of rotatable bonds is 4. The van der Waals surface area contributed by atoms with Crippen LogP contribution in [-0.4, -0.2) is 21.3 Å². The molecule has 0 aliphatic carbocycles. The molecule has 1 aliphatic rings. The van der Waals surface area contributed by atoms with E-state index in [4.69, 9.17) is 12.2 Å². The Morgan fingerprint density at radius 2 is 1.78 bits per heavy atom. The lowest BCUT2D eigenvalue weighted by Gasteiger charge is -2.15. The van der Waals surface area contributed by atoms with E-state index in [1.165, 1.54) is 16.7 Å². The number of Topliss-reactive ketones (excluding diaryl/α,β-unsaturated/α-hetero) is 1. The van der Waals surface area contributed by atoms with Gasteiger partial charge >= 0.3 is 0 Å². The predicted octanol–water partition coefficient (Wildman–Crippen LogP) is 4.00. The van der Waals surface area contributed by atoms with E-state index >= 15 is 0 Å². The Morgan fingerprint density at radius 3 is 2.43 bits per heavy atom. The van der Waals surface area contributed by atoms with Gasteiger partial charge in [-0.15, -0.1) is 0 Å². The molecule has 2 aromatic carbocycles. The molecular weight excluding hydrogens is 326 g/mol. The third-order valence-electron chi connectivity index (χ3n) is 3.68. The normalized spacial score (nSPS) is 17.6. The van der Waals surface area contributed by atoms with Crippen LogP contribution in [0.2, 0.25) is 0 Å². The zero-order chi connectivity index (χ0) is 16.4. The average Bonchev–Trinajstić information content (AvgIpc) is 2.82. The molecule has 1 heterocycles. The topological polar surface area (TPSA) is 37.4 Å². The number of ketones is 1. The molecule has 1 amide bonds. The summed E-state index contributed by atoms with van der Waals surface area (Å²) >= 11 is 6.61. The lowest BCUT2D eigenvalue weighted by molar-refractivity contribution is -0.116. The van der Waals surface area contributed by atoms with Crippen LogP contribution in [0, 0.1) is 6.92 Å². The van der Waals surface area contributed by atoms with Crippen LogP contribution in [0.25, 0.3) is 0 Å². The van der Waals surface area contributed by atoms with Crippen molar-refractivity contribution in [3.05, 3.63) is 65.7 Å². The molecule has 116 valence electrons. The Kier molecular flexibility index (Phi) is 4.59. The molecule has 2 aromatic rings. The van der Waals surface area contributed by atoms with Gasteiger partial charge in [0.15, 0.2) is 5.78 Å². The summed E-state index contributed by atoms with van der Waals surface area (Å²) in [7, 11) is 0. The fraction of sp³-hybridized carbons (Fsp3) is 0.167. The van der Waals surface area contributed by atoms with Crippen LogP contribution in [0.5, 0.6) is 0 Å².